The van der Waals surface area contributed by atoms with Gasteiger partial charge in [0.2, 0.25) is 5.91 Å². The van der Waals surface area contributed by atoms with Crippen molar-refractivity contribution in [2.45, 2.75) is 4.90 Å². The molecule has 0 spiro atoms. The van der Waals surface area contributed by atoms with E-state index >= 15 is 0 Å². The molecule has 28 heavy (non-hydrogen) atoms. The van der Waals surface area contributed by atoms with Crippen LogP contribution >= 0.6 is 22.9 Å². The second-order valence-corrected chi connectivity index (χ2v) is 9.46. The van der Waals surface area contributed by atoms with Gasteiger partial charge in [-0.15, -0.1) is 11.3 Å². The largest absolute Gasteiger partial charge is 0.320 e. The first-order valence-electron chi connectivity index (χ1n) is 8.07. The Bertz CT molecular complexity index is 1170. The van der Waals surface area contributed by atoms with Crippen molar-refractivity contribution in [3.8, 4) is 10.4 Å². The number of sulfone groups is 1. The van der Waals surface area contributed by atoms with Gasteiger partial charge in [0.05, 0.1) is 10.6 Å². The third-order valence-corrected chi connectivity index (χ3v) is 6.31. The third-order valence-electron chi connectivity index (χ3n) is 3.79. The summed E-state index contributed by atoms with van der Waals surface area (Å²) < 4.78 is 37.0. The molecule has 0 fully saturated rings. The number of hydrogen-bond acceptors (Lipinski definition) is 4. The Kier molecular flexibility index (Phi) is 5.98. The molecule has 0 unspecified atom stereocenters. The molecular weight excluding hydrogens is 421 g/mol. The van der Waals surface area contributed by atoms with Crippen LogP contribution in [0.1, 0.15) is 4.88 Å². The molecule has 8 heteroatoms. The van der Waals surface area contributed by atoms with Crippen molar-refractivity contribution in [3.05, 3.63) is 76.4 Å². The summed E-state index contributed by atoms with van der Waals surface area (Å²) in [5.74, 6) is -1.29. The summed E-state index contributed by atoms with van der Waals surface area (Å²) in [5, 5.41) is 3.00. The topological polar surface area (TPSA) is 63.2 Å². The molecule has 0 atom stereocenters. The van der Waals surface area contributed by atoms with Gasteiger partial charge in [0.1, 0.15) is 5.82 Å². The molecule has 3 aromatic rings. The molecule has 1 N–H and O–H groups in total. The first kappa shape index (κ1) is 20.3. The van der Waals surface area contributed by atoms with Crippen LogP contribution in [0, 0.1) is 5.82 Å². The lowest BCUT2D eigenvalue weighted by molar-refractivity contribution is -0.111. The van der Waals surface area contributed by atoms with Crippen LogP contribution in [-0.2, 0) is 14.6 Å². The number of benzene rings is 2. The Balaban J connectivity index is 1.74. The minimum Gasteiger partial charge on any atom is -0.320 e. The van der Waals surface area contributed by atoms with E-state index in [4.69, 9.17) is 11.6 Å². The summed E-state index contributed by atoms with van der Waals surface area (Å²) in [6.07, 6.45) is 3.87. The van der Waals surface area contributed by atoms with Crippen molar-refractivity contribution < 1.29 is 17.6 Å². The van der Waals surface area contributed by atoms with E-state index in [1.165, 1.54) is 17.4 Å². The fraction of sp³-hybridized carbons (Fsp3) is 0.0500. The zero-order chi connectivity index (χ0) is 20.3. The van der Waals surface area contributed by atoms with Crippen LogP contribution < -0.4 is 5.32 Å². The summed E-state index contributed by atoms with van der Waals surface area (Å²) in [6, 6.07) is 14.5. The molecule has 0 saturated carbocycles. The second kappa shape index (κ2) is 8.26. The Hall–Kier alpha value is -2.48. The van der Waals surface area contributed by atoms with Crippen molar-refractivity contribution in [3.63, 3.8) is 0 Å². The molecule has 0 saturated heterocycles. The quantitative estimate of drug-likeness (QED) is 0.439. The molecule has 144 valence electrons. The molecular formula is C20H15ClFNO3S2. The van der Waals surface area contributed by atoms with Crippen molar-refractivity contribution in [1.29, 1.82) is 0 Å². The number of halogens is 2. The van der Waals surface area contributed by atoms with E-state index in [0.717, 1.165) is 39.8 Å². The molecule has 2 aromatic carbocycles. The smallest absolute Gasteiger partial charge is 0.248 e. The van der Waals surface area contributed by atoms with Gasteiger partial charge in [0.25, 0.3) is 0 Å². The number of carbonyl (C=O) groups is 1. The van der Waals surface area contributed by atoms with Crippen LogP contribution in [0.25, 0.3) is 16.5 Å². The van der Waals surface area contributed by atoms with Crippen LogP contribution in [-0.4, -0.2) is 20.6 Å². The minimum atomic E-state index is -3.51. The highest BCUT2D eigenvalue weighted by Gasteiger charge is 2.12. The molecule has 0 radical (unpaired) electrons. The minimum absolute atomic E-state index is 0.0733. The standard InChI is InChI=1S/C20H15ClFNO3S2/c1-28(25,26)14-8-9-17(22)18(12-14)23-20(24)11-7-13-6-10-19(27-13)15-4-2-3-5-16(15)21/h2-12H,1H3,(H,23,24). The number of nitrogens with one attached hydrogen (secondary N) is 1. The predicted molar refractivity (Wildman–Crippen MR) is 112 cm³/mol. The van der Waals surface area contributed by atoms with Gasteiger partial charge in [-0.3, -0.25) is 4.79 Å². The molecule has 1 heterocycles. The fourth-order valence-corrected chi connectivity index (χ4v) is 4.30. The van der Waals surface area contributed by atoms with Gasteiger partial charge >= 0.3 is 0 Å². The summed E-state index contributed by atoms with van der Waals surface area (Å²) in [5.41, 5.74) is 0.707. The van der Waals surface area contributed by atoms with E-state index in [-0.39, 0.29) is 10.6 Å². The third kappa shape index (κ3) is 4.86. The number of hydrogen-bond donors (Lipinski definition) is 1. The predicted octanol–water partition coefficient (Wildman–Crippen LogP) is 5.26. The van der Waals surface area contributed by atoms with Gasteiger partial charge in [-0.2, -0.15) is 0 Å². The average molecular weight is 436 g/mol. The van der Waals surface area contributed by atoms with Gasteiger partial charge in [-0.1, -0.05) is 29.8 Å². The Morgan fingerprint density at radius 1 is 1.14 bits per heavy atom. The number of carbonyl (C=O) groups excluding carboxylic acids is 1. The monoisotopic (exact) mass is 435 g/mol. The van der Waals surface area contributed by atoms with E-state index in [9.17, 15) is 17.6 Å². The van der Waals surface area contributed by atoms with Crippen LogP contribution in [0.4, 0.5) is 10.1 Å². The number of rotatable bonds is 5. The maximum Gasteiger partial charge on any atom is 0.248 e. The molecule has 0 bridgehead atoms. The zero-order valence-electron chi connectivity index (χ0n) is 14.6. The van der Waals surface area contributed by atoms with E-state index in [2.05, 4.69) is 5.32 Å². The maximum atomic E-state index is 13.9. The lowest BCUT2D eigenvalue weighted by atomic mass is 10.2. The SMILES string of the molecule is CS(=O)(=O)c1ccc(F)c(NC(=O)C=Cc2ccc(-c3ccccc3Cl)s2)c1. The van der Waals surface area contributed by atoms with Gasteiger partial charge in [-0.05, 0) is 42.5 Å². The van der Waals surface area contributed by atoms with Crippen molar-refractivity contribution in [2.75, 3.05) is 11.6 Å². The number of anilines is 1. The highest BCUT2D eigenvalue weighted by molar-refractivity contribution is 7.90. The zero-order valence-corrected chi connectivity index (χ0v) is 17.0. The fourth-order valence-electron chi connectivity index (χ4n) is 2.41. The Morgan fingerprint density at radius 3 is 2.61 bits per heavy atom. The first-order valence-corrected chi connectivity index (χ1v) is 11.2. The van der Waals surface area contributed by atoms with E-state index in [1.807, 2.05) is 30.3 Å². The normalized spacial score (nSPS) is 11.7. The summed E-state index contributed by atoms with van der Waals surface area (Å²) >= 11 is 7.64. The van der Waals surface area contributed by atoms with Gasteiger partial charge in [0, 0.05) is 32.7 Å². The van der Waals surface area contributed by atoms with Crippen LogP contribution in [0.15, 0.2) is 65.6 Å². The molecule has 0 aliphatic carbocycles. The summed E-state index contributed by atoms with van der Waals surface area (Å²) in [7, 11) is -3.51. The van der Waals surface area contributed by atoms with Crippen molar-refractivity contribution in [1.82, 2.24) is 0 Å². The lowest BCUT2D eigenvalue weighted by Gasteiger charge is -2.06. The highest BCUT2D eigenvalue weighted by Crippen LogP contribution is 2.33. The maximum absolute atomic E-state index is 13.9. The Morgan fingerprint density at radius 2 is 1.89 bits per heavy atom. The summed E-state index contributed by atoms with van der Waals surface area (Å²) in [6.45, 7) is 0. The molecule has 0 aliphatic rings. The van der Waals surface area contributed by atoms with Gasteiger partial charge in [-0.25, -0.2) is 12.8 Å². The number of amides is 1. The number of thiophene rings is 1. The van der Waals surface area contributed by atoms with Crippen LogP contribution in [0.2, 0.25) is 5.02 Å². The van der Waals surface area contributed by atoms with Gasteiger partial charge in [0.15, 0.2) is 9.84 Å². The van der Waals surface area contributed by atoms with E-state index in [1.54, 1.807) is 12.1 Å². The van der Waals surface area contributed by atoms with E-state index < -0.39 is 21.6 Å². The van der Waals surface area contributed by atoms with Crippen LogP contribution in [0.5, 0.6) is 0 Å². The molecule has 0 aliphatic heterocycles. The van der Waals surface area contributed by atoms with Crippen LogP contribution in [0.3, 0.4) is 0 Å². The summed E-state index contributed by atoms with van der Waals surface area (Å²) in [4.78, 5) is 13.8. The second-order valence-electron chi connectivity index (χ2n) is 5.92. The van der Waals surface area contributed by atoms with Crippen molar-refractivity contribution in [2.24, 2.45) is 0 Å². The van der Waals surface area contributed by atoms with E-state index in [0.29, 0.717) is 5.02 Å². The first-order chi connectivity index (χ1) is 13.2. The van der Waals surface area contributed by atoms with Crippen molar-refractivity contribution >= 4 is 50.4 Å². The molecule has 4 nitrogen and oxygen atoms in total. The molecule has 3 rings (SSSR count). The lowest BCUT2D eigenvalue weighted by Crippen LogP contribution is -2.10. The highest BCUT2D eigenvalue weighted by atomic mass is 35.5. The molecule has 1 amide bonds. The molecule has 1 aromatic heterocycles. The Labute approximate surface area is 171 Å². The average Bonchev–Trinajstić information content (AvgIpc) is 3.10. The van der Waals surface area contributed by atoms with Gasteiger partial charge < -0.3 is 5.32 Å².